The predicted molar refractivity (Wildman–Crippen MR) is 73.6 cm³/mol. The average molecular weight is 292 g/mol. The summed E-state index contributed by atoms with van der Waals surface area (Å²) in [4.78, 5) is 4.19. The minimum absolute atomic E-state index is 0.281. The third-order valence-corrected chi connectivity index (χ3v) is 3.94. The molecule has 0 aromatic carbocycles. The van der Waals surface area contributed by atoms with E-state index in [9.17, 15) is 13.2 Å². The van der Waals surface area contributed by atoms with Crippen molar-refractivity contribution in [2.24, 2.45) is 5.92 Å². The van der Waals surface area contributed by atoms with Crippen LogP contribution in [-0.2, 0) is 6.18 Å². The second-order valence-corrected chi connectivity index (χ2v) is 5.47. The second kappa shape index (κ2) is 7.03. The number of hydrogen-bond donors (Lipinski definition) is 1. The summed E-state index contributed by atoms with van der Waals surface area (Å²) in [6.07, 6.45) is -3.33. The van der Waals surface area contributed by atoms with Crippen LogP contribution in [-0.4, -0.2) is 17.3 Å². The Labute approximate surface area is 116 Å². The van der Waals surface area contributed by atoms with Crippen LogP contribution in [0.5, 0.6) is 0 Å². The summed E-state index contributed by atoms with van der Waals surface area (Å²) in [6.45, 7) is 6.51. The van der Waals surface area contributed by atoms with Crippen LogP contribution in [0.4, 0.5) is 19.0 Å². The van der Waals surface area contributed by atoms with Crippen LogP contribution in [0.15, 0.2) is 17.2 Å². The summed E-state index contributed by atoms with van der Waals surface area (Å²) in [5.74, 6) is 1.52. The molecule has 1 aromatic heterocycles. The van der Waals surface area contributed by atoms with Crippen molar-refractivity contribution in [2.75, 3.05) is 17.6 Å². The van der Waals surface area contributed by atoms with Crippen LogP contribution >= 0.6 is 11.8 Å². The number of hydrogen-bond acceptors (Lipinski definition) is 3. The number of aromatic nitrogens is 1. The van der Waals surface area contributed by atoms with E-state index in [2.05, 4.69) is 24.1 Å². The van der Waals surface area contributed by atoms with Crippen molar-refractivity contribution < 1.29 is 13.2 Å². The van der Waals surface area contributed by atoms with Crippen molar-refractivity contribution in [3.05, 3.63) is 17.7 Å². The second-order valence-electron chi connectivity index (χ2n) is 4.43. The van der Waals surface area contributed by atoms with Gasteiger partial charge >= 0.3 is 6.18 Å². The zero-order valence-corrected chi connectivity index (χ0v) is 12.2. The van der Waals surface area contributed by atoms with Crippen LogP contribution in [0.3, 0.4) is 0 Å². The molecule has 0 saturated carbocycles. The Bertz CT molecular complexity index is 407. The molecule has 0 aliphatic carbocycles. The highest BCUT2D eigenvalue weighted by atomic mass is 32.2. The van der Waals surface area contributed by atoms with Gasteiger partial charge < -0.3 is 5.32 Å². The predicted octanol–water partition coefficient (Wildman–Crippen LogP) is 4.67. The minimum atomic E-state index is -4.33. The highest BCUT2D eigenvalue weighted by molar-refractivity contribution is 7.99. The first-order valence-electron chi connectivity index (χ1n) is 6.32. The van der Waals surface area contributed by atoms with Crippen molar-refractivity contribution in [3.63, 3.8) is 0 Å². The summed E-state index contributed by atoms with van der Waals surface area (Å²) in [7, 11) is 0. The molecular formula is C13H19F3N2S. The molecule has 0 bridgehead atoms. The van der Waals surface area contributed by atoms with Crippen LogP contribution in [0, 0.1) is 5.92 Å². The molecule has 0 aliphatic rings. The van der Waals surface area contributed by atoms with Gasteiger partial charge in [-0.1, -0.05) is 20.3 Å². The van der Waals surface area contributed by atoms with E-state index in [0.717, 1.165) is 24.3 Å². The van der Waals surface area contributed by atoms with Gasteiger partial charge in [0, 0.05) is 12.3 Å². The highest BCUT2D eigenvalue weighted by Crippen LogP contribution is 2.33. The topological polar surface area (TPSA) is 24.9 Å². The molecule has 0 aliphatic heterocycles. The molecule has 6 heteroatoms. The number of nitrogens with one attached hydrogen (secondary N) is 1. The molecule has 1 unspecified atom stereocenters. The molecule has 0 saturated heterocycles. The van der Waals surface area contributed by atoms with Crippen molar-refractivity contribution in [1.82, 2.24) is 4.98 Å². The molecule has 0 spiro atoms. The minimum Gasteiger partial charge on any atom is -0.370 e. The van der Waals surface area contributed by atoms with Gasteiger partial charge in [-0.3, -0.25) is 0 Å². The molecule has 1 heterocycles. The van der Waals surface area contributed by atoms with E-state index in [-0.39, 0.29) is 5.82 Å². The van der Waals surface area contributed by atoms with Gasteiger partial charge in [-0.25, -0.2) is 4.98 Å². The number of halogens is 3. The molecule has 1 aromatic rings. The zero-order chi connectivity index (χ0) is 14.5. The van der Waals surface area contributed by atoms with Gasteiger partial charge in [0.1, 0.15) is 5.82 Å². The number of alkyl halides is 3. The number of pyridine rings is 1. The molecule has 0 amide bonds. The normalized spacial score (nSPS) is 13.4. The maximum atomic E-state index is 12.8. The van der Waals surface area contributed by atoms with Gasteiger partial charge in [0.15, 0.2) is 0 Å². The Kier molecular flexibility index (Phi) is 5.97. The first-order chi connectivity index (χ1) is 8.86. The molecule has 1 N–H and O–H groups in total. The highest BCUT2D eigenvalue weighted by Gasteiger charge is 2.31. The number of thioether (sulfide) groups is 1. The number of nitrogens with zero attached hydrogens (tertiary/aromatic N) is 1. The Hall–Kier alpha value is -0.910. The van der Waals surface area contributed by atoms with Crippen molar-refractivity contribution in [1.29, 1.82) is 0 Å². The SMILES string of the molecule is CCNc1cc(C(F)(F)F)cc(SCC(C)CC)n1. The quantitative estimate of drug-likeness (QED) is 0.771. The van der Waals surface area contributed by atoms with Crippen LogP contribution in [0.1, 0.15) is 32.8 Å². The van der Waals surface area contributed by atoms with Gasteiger partial charge in [-0.2, -0.15) is 13.2 Å². The van der Waals surface area contributed by atoms with E-state index in [0.29, 0.717) is 17.5 Å². The van der Waals surface area contributed by atoms with E-state index >= 15 is 0 Å². The Balaban J connectivity index is 2.93. The third kappa shape index (κ3) is 5.30. The van der Waals surface area contributed by atoms with Crippen molar-refractivity contribution in [2.45, 2.75) is 38.4 Å². The maximum Gasteiger partial charge on any atom is 0.416 e. The first kappa shape index (κ1) is 16.1. The van der Waals surface area contributed by atoms with Gasteiger partial charge in [-0.05, 0) is 25.0 Å². The summed E-state index contributed by atoms with van der Waals surface area (Å²) in [5, 5.41) is 3.26. The average Bonchev–Trinajstić information content (AvgIpc) is 2.35. The van der Waals surface area contributed by atoms with Crippen LogP contribution in [0.2, 0.25) is 0 Å². The fourth-order valence-electron chi connectivity index (χ4n) is 1.36. The lowest BCUT2D eigenvalue weighted by molar-refractivity contribution is -0.137. The molecule has 0 fully saturated rings. The number of anilines is 1. The zero-order valence-electron chi connectivity index (χ0n) is 11.3. The Morgan fingerprint density at radius 3 is 2.53 bits per heavy atom. The molecule has 108 valence electrons. The molecule has 1 rings (SSSR count). The monoisotopic (exact) mass is 292 g/mol. The summed E-state index contributed by atoms with van der Waals surface area (Å²) in [6, 6.07) is 2.17. The van der Waals surface area contributed by atoms with Crippen LogP contribution < -0.4 is 5.32 Å². The van der Waals surface area contributed by atoms with E-state index < -0.39 is 11.7 Å². The molecule has 19 heavy (non-hydrogen) atoms. The molecule has 1 atom stereocenters. The van der Waals surface area contributed by atoms with E-state index in [1.807, 2.05) is 6.92 Å². The lowest BCUT2D eigenvalue weighted by atomic mass is 10.2. The largest absolute Gasteiger partial charge is 0.416 e. The van der Waals surface area contributed by atoms with Gasteiger partial charge in [0.2, 0.25) is 0 Å². The first-order valence-corrected chi connectivity index (χ1v) is 7.31. The third-order valence-electron chi connectivity index (χ3n) is 2.70. The smallest absolute Gasteiger partial charge is 0.370 e. The summed E-state index contributed by atoms with van der Waals surface area (Å²) < 4.78 is 38.4. The molecule has 2 nitrogen and oxygen atoms in total. The van der Waals surface area contributed by atoms with Crippen molar-refractivity contribution >= 4 is 17.6 Å². The fourth-order valence-corrected chi connectivity index (χ4v) is 2.42. The summed E-state index contributed by atoms with van der Waals surface area (Å²) in [5.41, 5.74) is -0.648. The van der Waals surface area contributed by atoms with E-state index in [1.54, 1.807) is 0 Å². The van der Waals surface area contributed by atoms with Gasteiger partial charge in [0.05, 0.1) is 10.6 Å². The fraction of sp³-hybridized carbons (Fsp3) is 0.615. The lowest BCUT2D eigenvalue weighted by Crippen LogP contribution is -2.09. The van der Waals surface area contributed by atoms with Crippen LogP contribution in [0.25, 0.3) is 0 Å². The van der Waals surface area contributed by atoms with Crippen molar-refractivity contribution in [3.8, 4) is 0 Å². The molecular weight excluding hydrogens is 273 g/mol. The van der Waals surface area contributed by atoms with E-state index in [1.165, 1.54) is 11.8 Å². The Morgan fingerprint density at radius 1 is 1.32 bits per heavy atom. The number of rotatable bonds is 6. The van der Waals surface area contributed by atoms with Gasteiger partial charge in [0.25, 0.3) is 0 Å². The maximum absolute atomic E-state index is 12.8. The Morgan fingerprint density at radius 2 is 2.00 bits per heavy atom. The molecule has 0 radical (unpaired) electrons. The van der Waals surface area contributed by atoms with Gasteiger partial charge in [-0.15, -0.1) is 11.8 Å². The summed E-state index contributed by atoms with van der Waals surface area (Å²) >= 11 is 1.37. The lowest BCUT2D eigenvalue weighted by Gasteiger charge is -2.13. The standard InChI is InChI=1S/C13H19F3N2S/c1-4-9(3)8-19-12-7-10(13(14,15)16)6-11(18-12)17-5-2/h6-7,9H,4-5,8H2,1-3H3,(H,17,18). The van der Waals surface area contributed by atoms with E-state index in [4.69, 9.17) is 0 Å².